The van der Waals surface area contributed by atoms with E-state index in [9.17, 15) is 4.79 Å². The molecule has 0 atom stereocenters. The van der Waals surface area contributed by atoms with Crippen molar-refractivity contribution < 1.29 is 0 Å². The summed E-state index contributed by atoms with van der Waals surface area (Å²) in [5.74, 6) is 0. The van der Waals surface area contributed by atoms with Crippen LogP contribution in [0.3, 0.4) is 0 Å². The van der Waals surface area contributed by atoms with Crippen molar-refractivity contribution in [1.82, 2.24) is 19.9 Å². The van der Waals surface area contributed by atoms with Gasteiger partial charge in [0.05, 0.1) is 6.33 Å². The first-order valence-corrected chi connectivity index (χ1v) is 4.12. The molecule has 2 rings (SSSR count). The molecule has 0 aromatic carbocycles. The van der Waals surface area contributed by atoms with Crippen LogP contribution in [0.2, 0.25) is 0 Å². The molecule has 64 valence electrons. The van der Waals surface area contributed by atoms with E-state index in [1.165, 1.54) is 6.33 Å². The molecule has 7 heteroatoms. The number of nitriles is 1. The molecular formula is C6H3N5OS. The quantitative estimate of drug-likeness (QED) is 0.383. The standard InChI is InChI=1S/C6H3N5OS/c7-1-13-5-3-4(9-2-8-3)10-6(12)11-5/h2H,(H2,8,9,10,11,12). The summed E-state index contributed by atoms with van der Waals surface area (Å²) in [4.78, 5) is 23.6. The number of thioether (sulfide) groups is 1. The van der Waals surface area contributed by atoms with E-state index in [0.717, 1.165) is 11.8 Å². The minimum atomic E-state index is -0.502. The first-order chi connectivity index (χ1) is 6.31. The van der Waals surface area contributed by atoms with Crippen LogP contribution in [0.25, 0.3) is 11.2 Å². The van der Waals surface area contributed by atoms with Crippen molar-refractivity contribution in [2.75, 3.05) is 0 Å². The number of nitrogens with zero attached hydrogens (tertiary/aromatic N) is 3. The minimum Gasteiger partial charge on any atom is -0.341 e. The third-order valence-corrected chi connectivity index (χ3v) is 2.00. The molecule has 6 nitrogen and oxygen atoms in total. The van der Waals surface area contributed by atoms with Gasteiger partial charge in [0, 0.05) is 11.8 Å². The molecule has 0 fully saturated rings. The van der Waals surface area contributed by atoms with E-state index in [0.29, 0.717) is 16.2 Å². The van der Waals surface area contributed by atoms with Crippen molar-refractivity contribution >= 4 is 22.9 Å². The second-order valence-corrected chi connectivity index (χ2v) is 2.94. The summed E-state index contributed by atoms with van der Waals surface area (Å²) in [6.45, 7) is 0. The van der Waals surface area contributed by atoms with Crippen molar-refractivity contribution in [3.05, 3.63) is 16.8 Å². The minimum absolute atomic E-state index is 0.346. The number of fused-ring (bicyclic) bond motifs is 1. The lowest BCUT2D eigenvalue weighted by Crippen LogP contribution is -2.10. The summed E-state index contributed by atoms with van der Waals surface area (Å²) in [6.07, 6.45) is 1.43. The number of thiocyanates is 1. The van der Waals surface area contributed by atoms with Crippen molar-refractivity contribution in [3.8, 4) is 5.40 Å². The Morgan fingerprint density at radius 2 is 2.46 bits per heavy atom. The molecule has 2 aromatic rings. The lowest BCUT2D eigenvalue weighted by molar-refractivity contribution is 1.02. The van der Waals surface area contributed by atoms with Gasteiger partial charge in [-0.05, 0) is 0 Å². The third kappa shape index (κ3) is 1.27. The molecule has 0 aliphatic carbocycles. The second-order valence-electron chi connectivity index (χ2n) is 2.17. The maximum atomic E-state index is 10.9. The van der Waals surface area contributed by atoms with E-state index in [1.54, 1.807) is 0 Å². The van der Waals surface area contributed by atoms with Crippen molar-refractivity contribution in [1.29, 1.82) is 5.26 Å². The molecule has 0 radical (unpaired) electrons. The highest BCUT2D eigenvalue weighted by Crippen LogP contribution is 2.18. The number of H-pyrrole nitrogens is 2. The van der Waals surface area contributed by atoms with Crippen LogP contribution in [-0.4, -0.2) is 19.9 Å². The van der Waals surface area contributed by atoms with Crippen LogP contribution in [0.4, 0.5) is 0 Å². The Labute approximate surface area is 76.0 Å². The zero-order chi connectivity index (χ0) is 9.26. The topological polar surface area (TPSA) is 98.2 Å². The zero-order valence-electron chi connectivity index (χ0n) is 6.24. The molecule has 2 N–H and O–H groups in total. The maximum Gasteiger partial charge on any atom is 0.347 e. The van der Waals surface area contributed by atoms with Gasteiger partial charge in [-0.25, -0.2) is 9.78 Å². The molecule has 0 unspecified atom stereocenters. The lowest BCUT2D eigenvalue weighted by atomic mass is 10.6. The fraction of sp³-hybridized carbons (Fsp3) is 0. The molecule has 0 amide bonds. The fourth-order valence-electron chi connectivity index (χ4n) is 0.947. The van der Waals surface area contributed by atoms with Gasteiger partial charge in [-0.15, -0.1) is 0 Å². The summed E-state index contributed by atoms with van der Waals surface area (Å²) in [5, 5.41) is 10.6. The molecule has 2 heterocycles. The van der Waals surface area contributed by atoms with Gasteiger partial charge in [-0.2, -0.15) is 10.2 Å². The molecule has 2 aromatic heterocycles. The summed E-state index contributed by atoms with van der Waals surface area (Å²) in [6, 6.07) is 0. The van der Waals surface area contributed by atoms with Gasteiger partial charge in [-0.1, -0.05) is 0 Å². The molecule has 0 saturated carbocycles. The highest BCUT2D eigenvalue weighted by molar-refractivity contribution is 8.03. The highest BCUT2D eigenvalue weighted by atomic mass is 32.2. The predicted molar refractivity (Wildman–Crippen MR) is 46.0 cm³/mol. The number of nitrogens with one attached hydrogen (secondary N) is 2. The number of imidazole rings is 1. The molecular weight excluding hydrogens is 190 g/mol. The molecule has 0 saturated heterocycles. The van der Waals surface area contributed by atoms with Crippen molar-refractivity contribution in [2.45, 2.75) is 5.03 Å². The van der Waals surface area contributed by atoms with Gasteiger partial charge >= 0.3 is 5.69 Å². The Morgan fingerprint density at radius 1 is 1.62 bits per heavy atom. The normalized spacial score (nSPS) is 10.1. The maximum absolute atomic E-state index is 10.9. The smallest absolute Gasteiger partial charge is 0.341 e. The summed E-state index contributed by atoms with van der Waals surface area (Å²) in [5.41, 5.74) is 0.487. The van der Waals surface area contributed by atoms with Gasteiger partial charge in [0.1, 0.15) is 15.9 Å². The van der Waals surface area contributed by atoms with Crippen LogP contribution in [0.5, 0.6) is 0 Å². The van der Waals surface area contributed by atoms with E-state index in [4.69, 9.17) is 5.26 Å². The van der Waals surface area contributed by atoms with Crippen LogP contribution in [-0.2, 0) is 0 Å². The lowest BCUT2D eigenvalue weighted by Gasteiger charge is -1.92. The van der Waals surface area contributed by atoms with Crippen LogP contribution in [0.15, 0.2) is 16.1 Å². The van der Waals surface area contributed by atoms with E-state index < -0.39 is 5.69 Å². The van der Waals surface area contributed by atoms with Crippen molar-refractivity contribution in [3.63, 3.8) is 0 Å². The Kier molecular flexibility index (Phi) is 1.75. The van der Waals surface area contributed by atoms with Crippen LogP contribution >= 0.6 is 11.8 Å². The summed E-state index contributed by atoms with van der Waals surface area (Å²) in [7, 11) is 0. The van der Waals surface area contributed by atoms with E-state index in [1.807, 2.05) is 5.40 Å². The van der Waals surface area contributed by atoms with Gasteiger partial charge < -0.3 is 4.98 Å². The predicted octanol–water partition coefficient (Wildman–Crippen LogP) is 0.219. The zero-order valence-corrected chi connectivity index (χ0v) is 7.05. The van der Waals surface area contributed by atoms with Crippen LogP contribution < -0.4 is 5.69 Å². The first kappa shape index (κ1) is 7.82. The fourth-order valence-corrected chi connectivity index (χ4v) is 1.42. The molecule has 0 aliphatic rings. The largest absolute Gasteiger partial charge is 0.347 e. The Bertz CT molecular complexity index is 536. The Hall–Kier alpha value is -1.81. The van der Waals surface area contributed by atoms with Crippen molar-refractivity contribution in [2.24, 2.45) is 0 Å². The molecule has 0 aliphatic heterocycles. The van der Waals surface area contributed by atoms with E-state index in [-0.39, 0.29) is 0 Å². The van der Waals surface area contributed by atoms with Gasteiger partial charge in [0.25, 0.3) is 0 Å². The highest BCUT2D eigenvalue weighted by Gasteiger charge is 2.06. The van der Waals surface area contributed by atoms with Crippen LogP contribution in [0, 0.1) is 10.7 Å². The summed E-state index contributed by atoms with van der Waals surface area (Å²) >= 11 is 0.827. The number of aromatic amines is 2. The number of hydrogen-bond acceptors (Lipinski definition) is 5. The van der Waals surface area contributed by atoms with E-state index >= 15 is 0 Å². The average Bonchev–Trinajstić information content (AvgIpc) is 2.52. The Morgan fingerprint density at radius 3 is 3.23 bits per heavy atom. The first-order valence-electron chi connectivity index (χ1n) is 3.30. The monoisotopic (exact) mass is 193 g/mol. The third-order valence-electron chi connectivity index (χ3n) is 1.42. The number of rotatable bonds is 1. The average molecular weight is 193 g/mol. The number of aromatic nitrogens is 4. The van der Waals surface area contributed by atoms with Gasteiger partial charge in [-0.3, -0.25) is 4.98 Å². The second kappa shape index (κ2) is 2.91. The van der Waals surface area contributed by atoms with Gasteiger partial charge in [0.2, 0.25) is 0 Å². The number of hydrogen-bond donors (Lipinski definition) is 2. The molecule has 0 spiro atoms. The van der Waals surface area contributed by atoms with Gasteiger partial charge in [0.15, 0.2) is 5.65 Å². The van der Waals surface area contributed by atoms with E-state index in [2.05, 4.69) is 19.9 Å². The summed E-state index contributed by atoms with van der Waals surface area (Å²) < 4.78 is 0. The van der Waals surface area contributed by atoms with Crippen LogP contribution in [0.1, 0.15) is 0 Å². The SMILES string of the molecule is N#CSc1nc(=O)[nH]c2nc[nH]c12. The Balaban J connectivity index is 2.79. The molecule has 0 bridgehead atoms. The molecule has 13 heavy (non-hydrogen) atoms.